The summed E-state index contributed by atoms with van der Waals surface area (Å²) in [6.45, 7) is 1.99. The van der Waals surface area contributed by atoms with Crippen LogP contribution in [0.2, 0.25) is 0 Å². The van der Waals surface area contributed by atoms with Crippen LogP contribution in [0.4, 0.5) is 0 Å². The minimum atomic E-state index is -0.800. The number of hydrogen-bond acceptors (Lipinski definition) is 3. The van der Waals surface area contributed by atoms with E-state index in [1.807, 2.05) is 30.3 Å². The number of aliphatic carboxylic acids is 1. The molecular formula is C16H21NO3. The van der Waals surface area contributed by atoms with Gasteiger partial charge in [0.05, 0.1) is 12.0 Å². The fourth-order valence-corrected chi connectivity index (χ4v) is 3.72. The Kier molecular flexibility index (Phi) is 3.76. The molecule has 3 aliphatic rings. The molecule has 3 aliphatic heterocycles. The van der Waals surface area contributed by atoms with E-state index in [1.54, 1.807) is 0 Å². The van der Waals surface area contributed by atoms with Gasteiger partial charge in [0.1, 0.15) is 0 Å². The lowest BCUT2D eigenvalue weighted by molar-refractivity contribution is -0.140. The molecule has 3 heterocycles. The van der Waals surface area contributed by atoms with Crippen LogP contribution in [0, 0.1) is 5.92 Å². The van der Waals surface area contributed by atoms with Gasteiger partial charge in [-0.3, -0.25) is 9.69 Å². The second-order valence-corrected chi connectivity index (χ2v) is 5.97. The molecule has 20 heavy (non-hydrogen) atoms. The van der Waals surface area contributed by atoms with Crippen LogP contribution in [0.15, 0.2) is 30.3 Å². The molecule has 0 saturated carbocycles. The minimum Gasteiger partial charge on any atom is -0.481 e. The number of hydrogen-bond donors (Lipinski definition) is 2. The summed E-state index contributed by atoms with van der Waals surface area (Å²) in [7, 11) is 0. The molecule has 1 aromatic rings. The summed E-state index contributed by atoms with van der Waals surface area (Å²) in [5.41, 5.74) is 0.829. The number of fused-ring (bicyclic) bond motifs is 3. The number of carboxylic acids is 1. The highest BCUT2D eigenvalue weighted by Gasteiger charge is 2.42. The van der Waals surface area contributed by atoms with Gasteiger partial charge in [-0.2, -0.15) is 0 Å². The molecule has 3 saturated heterocycles. The van der Waals surface area contributed by atoms with Crippen LogP contribution in [-0.4, -0.2) is 46.3 Å². The summed E-state index contributed by atoms with van der Waals surface area (Å²) in [4.78, 5) is 13.9. The predicted octanol–water partition coefficient (Wildman–Crippen LogP) is 1.70. The van der Waals surface area contributed by atoms with Gasteiger partial charge < -0.3 is 10.2 Å². The van der Waals surface area contributed by atoms with Crippen molar-refractivity contribution in [2.24, 2.45) is 5.92 Å². The number of carboxylic acid groups (broad SMARTS) is 1. The van der Waals surface area contributed by atoms with Gasteiger partial charge in [-0.25, -0.2) is 0 Å². The Bertz CT molecular complexity index is 466. The molecule has 0 radical (unpaired) electrons. The van der Waals surface area contributed by atoms with Crippen LogP contribution in [0.3, 0.4) is 0 Å². The lowest BCUT2D eigenvalue weighted by Gasteiger charge is -2.49. The summed E-state index contributed by atoms with van der Waals surface area (Å²) in [6, 6.07) is 9.35. The number of rotatable bonds is 4. The van der Waals surface area contributed by atoms with Gasteiger partial charge >= 0.3 is 5.97 Å². The molecule has 0 amide bonds. The molecule has 1 aromatic carbocycles. The van der Waals surface area contributed by atoms with E-state index < -0.39 is 11.9 Å². The highest BCUT2D eigenvalue weighted by molar-refractivity contribution is 5.76. The molecule has 108 valence electrons. The maximum atomic E-state index is 11.6. The van der Waals surface area contributed by atoms with Crippen LogP contribution >= 0.6 is 0 Å². The first-order valence-corrected chi connectivity index (χ1v) is 7.36. The summed E-state index contributed by atoms with van der Waals surface area (Å²) in [6.07, 6.45) is 2.21. The van der Waals surface area contributed by atoms with E-state index in [9.17, 15) is 15.0 Å². The fourth-order valence-electron chi connectivity index (χ4n) is 3.72. The number of piperidine rings is 3. The second-order valence-electron chi connectivity index (χ2n) is 5.97. The average molecular weight is 275 g/mol. The van der Waals surface area contributed by atoms with E-state index in [2.05, 4.69) is 4.90 Å². The van der Waals surface area contributed by atoms with Crippen molar-refractivity contribution in [1.29, 1.82) is 0 Å². The zero-order valence-corrected chi connectivity index (χ0v) is 11.5. The average Bonchev–Trinajstić information content (AvgIpc) is 2.48. The number of aliphatic hydroxyl groups is 1. The highest BCUT2D eigenvalue weighted by Crippen LogP contribution is 2.36. The van der Waals surface area contributed by atoms with Crippen molar-refractivity contribution >= 4 is 5.97 Å². The van der Waals surface area contributed by atoms with Crippen LogP contribution < -0.4 is 0 Å². The van der Waals surface area contributed by atoms with Gasteiger partial charge in [-0.15, -0.1) is 0 Å². The Morgan fingerprint density at radius 3 is 2.45 bits per heavy atom. The lowest BCUT2D eigenvalue weighted by atomic mass is 9.77. The lowest BCUT2D eigenvalue weighted by Crippen LogP contribution is -2.58. The van der Waals surface area contributed by atoms with Crippen molar-refractivity contribution in [2.45, 2.75) is 37.3 Å². The third-order valence-corrected chi connectivity index (χ3v) is 4.90. The van der Waals surface area contributed by atoms with Crippen molar-refractivity contribution in [3.63, 3.8) is 0 Å². The third kappa shape index (κ3) is 2.45. The predicted molar refractivity (Wildman–Crippen MR) is 75.5 cm³/mol. The number of benzene rings is 1. The summed E-state index contributed by atoms with van der Waals surface area (Å²) in [5.74, 6) is -0.975. The molecule has 3 unspecified atom stereocenters. The molecule has 4 nitrogen and oxygen atoms in total. The Hall–Kier alpha value is -1.39. The molecule has 3 fully saturated rings. The van der Waals surface area contributed by atoms with Crippen LogP contribution in [0.5, 0.6) is 0 Å². The first-order valence-electron chi connectivity index (χ1n) is 7.36. The van der Waals surface area contributed by atoms with Crippen molar-refractivity contribution in [3.8, 4) is 0 Å². The second kappa shape index (κ2) is 5.54. The molecule has 2 bridgehead atoms. The van der Waals surface area contributed by atoms with E-state index >= 15 is 0 Å². The normalized spacial score (nSPS) is 33.9. The van der Waals surface area contributed by atoms with Gasteiger partial charge in [0.15, 0.2) is 0 Å². The Morgan fingerprint density at radius 2 is 1.90 bits per heavy atom. The zero-order valence-electron chi connectivity index (χ0n) is 11.5. The highest BCUT2D eigenvalue weighted by atomic mass is 16.4. The zero-order chi connectivity index (χ0) is 14.1. The summed E-state index contributed by atoms with van der Waals surface area (Å²) in [5, 5.41) is 19.9. The van der Waals surface area contributed by atoms with E-state index in [1.165, 1.54) is 0 Å². The molecular weight excluding hydrogens is 254 g/mol. The molecule has 0 spiro atoms. The maximum Gasteiger partial charge on any atom is 0.311 e. The van der Waals surface area contributed by atoms with Gasteiger partial charge in [-0.05, 0) is 43.8 Å². The Labute approximate surface area is 119 Å². The minimum absolute atomic E-state index is 0.0104. The Balaban J connectivity index is 1.79. The van der Waals surface area contributed by atoms with E-state index in [4.69, 9.17) is 0 Å². The SMILES string of the molecule is O=C(O)C(CC1C(O)C2CCN1CC2)c1ccccc1. The smallest absolute Gasteiger partial charge is 0.311 e. The van der Waals surface area contributed by atoms with E-state index in [0.717, 1.165) is 31.5 Å². The van der Waals surface area contributed by atoms with Gasteiger partial charge in [0.2, 0.25) is 0 Å². The first-order chi connectivity index (χ1) is 9.66. The molecule has 2 N–H and O–H groups in total. The van der Waals surface area contributed by atoms with Crippen molar-refractivity contribution < 1.29 is 15.0 Å². The molecule has 4 rings (SSSR count). The third-order valence-electron chi connectivity index (χ3n) is 4.90. The Morgan fingerprint density at radius 1 is 1.25 bits per heavy atom. The monoisotopic (exact) mass is 275 g/mol. The van der Waals surface area contributed by atoms with Crippen LogP contribution in [0.25, 0.3) is 0 Å². The molecule has 0 aromatic heterocycles. The van der Waals surface area contributed by atoms with Crippen molar-refractivity contribution in [1.82, 2.24) is 4.90 Å². The van der Waals surface area contributed by atoms with Gasteiger partial charge in [-0.1, -0.05) is 30.3 Å². The molecule has 0 aliphatic carbocycles. The van der Waals surface area contributed by atoms with E-state index in [-0.39, 0.29) is 12.1 Å². The first kappa shape index (κ1) is 13.6. The number of nitrogens with zero attached hydrogens (tertiary/aromatic N) is 1. The van der Waals surface area contributed by atoms with Gasteiger partial charge in [0.25, 0.3) is 0 Å². The molecule has 4 heteroatoms. The maximum absolute atomic E-state index is 11.6. The van der Waals surface area contributed by atoms with Crippen molar-refractivity contribution in [2.75, 3.05) is 13.1 Å². The summed E-state index contributed by atoms with van der Waals surface area (Å²) < 4.78 is 0. The van der Waals surface area contributed by atoms with Crippen molar-refractivity contribution in [3.05, 3.63) is 35.9 Å². The largest absolute Gasteiger partial charge is 0.481 e. The standard InChI is InChI=1S/C16H21NO3/c18-15-12-6-8-17(9-7-12)14(15)10-13(16(19)20)11-4-2-1-3-5-11/h1-5,12-15,18H,6-10H2,(H,19,20). The van der Waals surface area contributed by atoms with Gasteiger partial charge in [0, 0.05) is 6.04 Å². The van der Waals surface area contributed by atoms with Crippen LogP contribution in [0.1, 0.15) is 30.7 Å². The fraction of sp³-hybridized carbons (Fsp3) is 0.562. The molecule has 3 atom stereocenters. The number of aliphatic hydroxyl groups excluding tert-OH is 1. The van der Waals surface area contributed by atoms with E-state index in [0.29, 0.717) is 12.3 Å². The summed E-state index contributed by atoms with van der Waals surface area (Å²) >= 11 is 0. The quantitative estimate of drug-likeness (QED) is 0.878. The number of carbonyl (C=O) groups is 1. The topological polar surface area (TPSA) is 60.8 Å². The van der Waals surface area contributed by atoms with Crippen LogP contribution in [-0.2, 0) is 4.79 Å².